The second-order valence-corrected chi connectivity index (χ2v) is 6.18. The number of non-ortho nitro benzene ring substituents is 1. The lowest BCUT2D eigenvalue weighted by atomic mass is 10.2. The van der Waals surface area contributed by atoms with Crippen LogP contribution in [0.1, 0.15) is 11.1 Å². The second-order valence-electron chi connectivity index (χ2n) is 4.51. The third-order valence-corrected chi connectivity index (χ3v) is 4.06. The van der Waals surface area contributed by atoms with Crippen molar-refractivity contribution in [1.29, 1.82) is 0 Å². The number of aryl methyl sites for hydroxylation is 1. The van der Waals surface area contributed by atoms with Gasteiger partial charge < -0.3 is 0 Å². The normalized spacial score (nSPS) is 11.5. The molecule has 0 bridgehead atoms. The summed E-state index contributed by atoms with van der Waals surface area (Å²) in [4.78, 5) is 11.9. The number of benzene rings is 2. The third-order valence-electron chi connectivity index (χ3n) is 2.82. The largest absolute Gasteiger partial charge is 0.276 e. The van der Waals surface area contributed by atoms with Crippen LogP contribution >= 0.6 is 0 Å². The molecule has 0 aromatic heterocycles. The Balaban J connectivity index is 2.10. The topological polar surface area (TPSA) is 102 Å². The lowest BCUT2D eigenvalue weighted by Crippen LogP contribution is -2.18. The van der Waals surface area contributed by atoms with Crippen LogP contribution in [-0.2, 0) is 10.0 Å². The van der Waals surface area contributed by atoms with E-state index in [1.807, 2.05) is 19.1 Å². The van der Waals surface area contributed by atoms with Crippen molar-refractivity contribution in [3.8, 4) is 0 Å². The zero-order valence-electron chi connectivity index (χ0n) is 11.6. The van der Waals surface area contributed by atoms with Gasteiger partial charge in [0, 0.05) is 12.1 Å². The van der Waals surface area contributed by atoms with Gasteiger partial charge in [0.2, 0.25) is 0 Å². The molecule has 2 rings (SSSR count). The zero-order valence-corrected chi connectivity index (χ0v) is 12.4. The van der Waals surface area contributed by atoms with Crippen molar-refractivity contribution in [3.05, 3.63) is 69.8 Å². The SMILES string of the molecule is Cc1ccc(/C=N/NS(=O)(=O)c2ccc([N+](=O)[O-])cc2)cc1. The number of rotatable bonds is 5. The molecule has 0 atom stereocenters. The van der Waals surface area contributed by atoms with Crippen LogP contribution in [0.4, 0.5) is 5.69 Å². The molecule has 2 aromatic carbocycles. The summed E-state index contributed by atoms with van der Waals surface area (Å²) in [6.45, 7) is 1.94. The van der Waals surface area contributed by atoms with Gasteiger partial charge in [-0.05, 0) is 24.6 Å². The minimum absolute atomic E-state index is 0.0980. The Labute approximate surface area is 127 Å². The van der Waals surface area contributed by atoms with Gasteiger partial charge in [0.1, 0.15) is 0 Å². The number of hydrogen-bond donors (Lipinski definition) is 1. The first-order valence-electron chi connectivity index (χ1n) is 6.24. The molecular formula is C14H13N3O4S. The quantitative estimate of drug-likeness (QED) is 0.518. The van der Waals surface area contributed by atoms with Crippen LogP contribution in [0, 0.1) is 17.0 Å². The van der Waals surface area contributed by atoms with Crippen LogP contribution in [-0.4, -0.2) is 19.6 Å². The van der Waals surface area contributed by atoms with Crippen molar-refractivity contribution in [1.82, 2.24) is 4.83 Å². The van der Waals surface area contributed by atoms with E-state index < -0.39 is 14.9 Å². The number of hydrazone groups is 1. The van der Waals surface area contributed by atoms with E-state index in [1.54, 1.807) is 12.1 Å². The molecule has 8 heteroatoms. The highest BCUT2D eigenvalue weighted by Crippen LogP contribution is 2.15. The molecule has 0 saturated carbocycles. The van der Waals surface area contributed by atoms with Crippen LogP contribution < -0.4 is 4.83 Å². The molecule has 22 heavy (non-hydrogen) atoms. The van der Waals surface area contributed by atoms with Crippen molar-refractivity contribution in [2.75, 3.05) is 0 Å². The van der Waals surface area contributed by atoms with Gasteiger partial charge in [0.05, 0.1) is 16.0 Å². The van der Waals surface area contributed by atoms with Gasteiger partial charge in [0.15, 0.2) is 0 Å². The van der Waals surface area contributed by atoms with E-state index in [0.717, 1.165) is 35.4 Å². The van der Waals surface area contributed by atoms with E-state index in [9.17, 15) is 18.5 Å². The van der Waals surface area contributed by atoms with E-state index in [-0.39, 0.29) is 10.6 Å². The summed E-state index contributed by atoms with van der Waals surface area (Å²) < 4.78 is 23.9. The fourth-order valence-electron chi connectivity index (χ4n) is 1.62. The molecule has 0 spiro atoms. The molecule has 1 N–H and O–H groups in total. The van der Waals surface area contributed by atoms with Crippen LogP contribution in [0.2, 0.25) is 0 Å². The van der Waals surface area contributed by atoms with Gasteiger partial charge in [-0.1, -0.05) is 29.8 Å². The number of hydrogen-bond acceptors (Lipinski definition) is 5. The number of sulfonamides is 1. The molecule has 0 radical (unpaired) electrons. The van der Waals surface area contributed by atoms with Crippen molar-refractivity contribution in [2.24, 2.45) is 5.10 Å². The van der Waals surface area contributed by atoms with Crippen LogP contribution in [0.25, 0.3) is 0 Å². The highest BCUT2D eigenvalue weighted by molar-refractivity contribution is 7.89. The lowest BCUT2D eigenvalue weighted by molar-refractivity contribution is -0.384. The number of nitrogens with zero attached hydrogens (tertiary/aromatic N) is 2. The van der Waals surface area contributed by atoms with Gasteiger partial charge in [0.25, 0.3) is 15.7 Å². The van der Waals surface area contributed by atoms with Crippen molar-refractivity contribution in [2.45, 2.75) is 11.8 Å². The fourth-order valence-corrected chi connectivity index (χ4v) is 2.41. The van der Waals surface area contributed by atoms with E-state index in [2.05, 4.69) is 9.93 Å². The maximum atomic E-state index is 12.0. The summed E-state index contributed by atoms with van der Waals surface area (Å²) in [5.41, 5.74) is 1.66. The van der Waals surface area contributed by atoms with E-state index in [4.69, 9.17) is 0 Å². The third kappa shape index (κ3) is 3.89. The fraction of sp³-hybridized carbons (Fsp3) is 0.0714. The van der Waals surface area contributed by atoms with Gasteiger partial charge in [-0.15, -0.1) is 0 Å². The molecule has 114 valence electrons. The zero-order chi connectivity index (χ0) is 16.2. The first-order valence-corrected chi connectivity index (χ1v) is 7.73. The number of nitrogens with one attached hydrogen (secondary N) is 1. The predicted octanol–water partition coefficient (Wildman–Crippen LogP) is 2.22. The second kappa shape index (κ2) is 6.35. The predicted molar refractivity (Wildman–Crippen MR) is 82.2 cm³/mol. The Morgan fingerprint density at radius 3 is 2.23 bits per heavy atom. The molecule has 0 heterocycles. The highest BCUT2D eigenvalue weighted by atomic mass is 32.2. The molecular weight excluding hydrogens is 306 g/mol. The standard InChI is InChI=1S/C14H13N3O4S/c1-11-2-4-12(5-3-11)10-15-16-22(20,21)14-8-6-13(7-9-14)17(18)19/h2-10,16H,1H3/b15-10+. The molecule has 0 aliphatic carbocycles. The van der Waals surface area contributed by atoms with Crippen LogP contribution in [0.5, 0.6) is 0 Å². The summed E-state index contributed by atoms with van der Waals surface area (Å²) in [5, 5.41) is 14.2. The Morgan fingerprint density at radius 2 is 1.68 bits per heavy atom. The number of nitro groups is 1. The molecule has 0 aliphatic heterocycles. The van der Waals surface area contributed by atoms with E-state index >= 15 is 0 Å². The lowest BCUT2D eigenvalue weighted by Gasteiger charge is -2.02. The van der Waals surface area contributed by atoms with E-state index in [0.29, 0.717) is 0 Å². The smallest absolute Gasteiger partial charge is 0.258 e. The van der Waals surface area contributed by atoms with Crippen molar-refractivity contribution in [3.63, 3.8) is 0 Å². The Kier molecular flexibility index (Phi) is 4.52. The van der Waals surface area contributed by atoms with Crippen LogP contribution in [0.3, 0.4) is 0 Å². The van der Waals surface area contributed by atoms with E-state index in [1.165, 1.54) is 6.21 Å². The summed E-state index contributed by atoms with van der Waals surface area (Å²) in [6.07, 6.45) is 1.38. The molecule has 2 aromatic rings. The average Bonchev–Trinajstić information content (AvgIpc) is 2.49. The van der Waals surface area contributed by atoms with Crippen LogP contribution in [0.15, 0.2) is 58.5 Å². The maximum absolute atomic E-state index is 12.0. The molecule has 0 amide bonds. The monoisotopic (exact) mass is 319 g/mol. The molecule has 0 unspecified atom stereocenters. The Morgan fingerprint density at radius 1 is 1.09 bits per heavy atom. The molecule has 0 aliphatic rings. The number of nitro benzene ring substituents is 1. The highest BCUT2D eigenvalue weighted by Gasteiger charge is 2.14. The minimum Gasteiger partial charge on any atom is -0.258 e. The van der Waals surface area contributed by atoms with Crippen molar-refractivity contribution >= 4 is 21.9 Å². The van der Waals surface area contributed by atoms with Gasteiger partial charge in [-0.25, -0.2) is 4.83 Å². The molecule has 0 saturated heterocycles. The Bertz CT molecular complexity index is 797. The molecule has 0 fully saturated rings. The minimum atomic E-state index is -3.85. The van der Waals surface area contributed by atoms with Gasteiger partial charge in [-0.3, -0.25) is 10.1 Å². The summed E-state index contributed by atoms with van der Waals surface area (Å²) >= 11 is 0. The average molecular weight is 319 g/mol. The Hall–Kier alpha value is -2.74. The summed E-state index contributed by atoms with van der Waals surface area (Å²) in [7, 11) is -3.85. The van der Waals surface area contributed by atoms with Crippen molar-refractivity contribution < 1.29 is 13.3 Å². The first-order chi connectivity index (χ1) is 10.4. The maximum Gasteiger partial charge on any atom is 0.276 e. The summed E-state index contributed by atoms with van der Waals surface area (Å²) in [6, 6.07) is 11.9. The summed E-state index contributed by atoms with van der Waals surface area (Å²) in [5.74, 6) is 0. The first kappa shape index (κ1) is 15.6. The van der Waals surface area contributed by atoms with Gasteiger partial charge >= 0.3 is 0 Å². The van der Waals surface area contributed by atoms with Gasteiger partial charge in [-0.2, -0.15) is 13.5 Å². The molecule has 7 nitrogen and oxygen atoms in total.